The van der Waals surface area contributed by atoms with Crippen LogP contribution in [0.3, 0.4) is 0 Å². The van der Waals surface area contributed by atoms with Crippen LogP contribution in [-0.4, -0.2) is 15.9 Å². The molecule has 2 nitrogen and oxygen atoms in total. The Hall–Kier alpha value is -2.06. The number of H-pyrrole nitrogens is 1. The molecule has 0 fully saturated rings. The van der Waals surface area contributed by atoms with Crippen LogP contribution >= 0.6 is 0 Å². The molecule has 2 aliphatic rings. The summed E-state index contributed by atoms with van der Waals surface area (Å²) in [7, 11) is 0. The standard InChI is InChI=1S/C19H18N2/c1-12-10-16-15-8-4-5-9-17(15)20-18(16)19-14-7-3-2-6-13(14)11-21(12)19/h2-9,12,19-20H,10-11H2,1H3/t12-,19+/m0/s1. The van der Waals surface area contributed by atoms with E-state index in [-0.39, 0.29) is 0 Å². The summed E-state index contributed by atoms with van der Waals surface area (Å²) >= 11 is 0. The van der Waals surface area contributed by atoms with Gasteiger partial charge in [0.05, 0.1) is 6.04 Å². The highest BCUT2D eigenvalue weighted by Crippen LogP contribution is 2.46. The number of benzene rings is 2. The Morgan fingerprint density at radius 1 is 1.05 bits per heavy atom. The highest BCUT2D eigenvalue weighted by Gasteiger charge is 2.40. The molecule has 3 heterocycles. The van der Waals surface area contributed by atoms with Gasteiger partial charge in [-0.15, -0.1) is 0 Å². The molecule has 1 N–H and O–H groups in total. The molecule has 1 aromatic heterocycles. The van der Waals surface area contributed by atoms with Gasteiger partial charge < -0.3 is 4.98 Å². The molecule has 5 rings (SSSR count). The average Bonchev–Trinajstić information content (AvgIpc) is 3.06. The fraction of sp³-hybridized carbons (Fsp3) is 0.263. The highest BCUT2D eigenvalue weighted by molar-refractivity contribution is 5.85. The smallest absolute Gasteiger partial charge is 0.0765 e. The van der Waals surface area contributed by atoms with Crippen LogP contribution in [0.15, 0.2) is 48.5 Å². The van der Waals surface area contributed by atoms with Gasteiger partial charge >= 0.3 is 0 Å². The van der Waals surface area contributed by atoms with Crippen LogP contribution in [0, 0.1) is 0 Å². The predicted molar refractivity (Wildman–Crippen MR) is 85.3 cm³/mol. The van der Waals surface area contributed by atoms with Crippen LogP contribution < -0.4 is 0 Å². The van der Waals surface area contributed by atoms with E-state index in [4.69, 9.17) is 0 Å². The summed E-state index contributed by atoms with van der Waals surface area (Å²) < 4.78 is 0. The lowest BCUT2D eigenvalue weighted by molar-refractivity contribution is 0.162. The van der Waals surface area contributed by atoms with E-state index in [2.05, 4.69) is 65.3 Å². The number of nitrogens with one attached hydrogen (secondary N) is 1. The molecule has 3 aromatic rings. The minimum absolute atomic E-state index is 0.410. The van der Waals surface area contributed by atoms with E-state index >= 15 is 0 Å². The Morgan fingerprint density at radius 3 is 2.81 bits per heavy atom. The SMILES string of the molecule is C[C@H]1Cc2c([nH]c3ccccc23)[C@H]2c3ccccc3CN21. The third-order valence-corrected chi connectivity index (χ3v) is 5.22. The van der Waals surface area contributed by atoms with E-state index in [9.17, 15) is 0 Å². The first kappa shape index (κ1) is 11.6. The van der Waals surface area contributed by atoms with Gasteiger partial charge in [0.2, 0.25) is 0 Å². The van der Waals surface area contributed by atoms with Gasteiger partial charge in [-0.25, -0.2) is 0 Å². The van der Waals surface area contributed by atoms with Crippen LogP contribution in [-0.2, 0) is 13.0 Å². The molecule has 2 aromatic carbocycles. The van der Waals surface area contributed by atoms with Crippen molar-refractivity contribution in [2.24, 2.45) is 0 Å². The molecular weight excluding hydrogens is 256 g/mol. The molecule has 0 amide bonds. The summed E-state index contributed by atoms with van der Waals surface area (Å²) in [5.74, 6) is 0. The Morgan fingerprint density at radius 2 is 1.86 bits per heavy atom. The van der Waals surface area contributed by atoms with Crippen LogP contribution in [0.5, 0.6) is 0 Å². The number of para-hydroxylation sites is 1. The maximum Gasteiger partial charge on any atom is 0.0765 e. The quantitative estimate of drug-likeness (QED) is 0.656. The molecule has 104 valence electrons. The van der Waals surface area contributed by atoms with Crippen molar-refractivity contribution in [2.75, 3.05) is 0 Å². The van der Waals surface area contributed by atoms with Gasteiger partial charge in [-0.3, -0.25) is 4.90 Å². The summed E-state index contributed by atoms with van der Waals surface area (Å²) in [6.45, 7) is 3.44. The van der Waals surface area contributed by atoms with Crippen LogP contribution in [0.25, 0.3) is 10.9 Å². The second-order valence-electron chi connectivity index (χ2n) is 6.39. The maximum absolute atomic E-state index is 3.71. The lowest BCUT2D eigenvalue weighted by atomic mass is 9.91. The zero-order chi connectivity index (χ0) is 14.0. The zero-order valence-corrected chi connectivity index (χ0v) is 12.1. The Labute approximate surface area is 124 Å². The molecule has 0 saturated heterocycles. The minimum Gasteiger partial charge on any atom is -0.357 e. The largest absolute Gasteiger partial charge is 0.357 e. The van der Waals surface area contributed by atoms with Gasteiger partial charge in [0, 0.05) is 29.2 Å². The molecule has 2 aliphatic heterocycles. The van der Waals surface area contributed by atoms with E-state index in [1.165, 1.54) is 33.3 Å². The lowest BCUT2D eigenvalue weighted by Crippen LogP contribution is -2.38. The highest BCUT2D eigenvalue weighted by atomic mass is 15.2. The molecule has 0 unspecified atom stereocenters. The second-order valence-corrected chi connectivity index (χ2v) is 6.39. The molecule has 2 heteroatoms. The van der Waals surface area contributed by atoms with Gasteiger partial charge in [-0.2, -0.15) is 0 Å². The summed E-state index contributed by atoms with van der Waals surface area (Å²) in [5, 5.41) is 1.41. The summed E-state index contributed by atoms with van der Waals surface area (Å²) in [6, 6.07) is 18.6. The van der Waals surface area contributed by atoms with Crippen LogP contribution in [0.1, 0.15) is 35.3 Å². The third kappa shape index (κ3) is 1.46. The van der Waals surface area contributed by atoms with Gasteiger partial charge in [-0.1, -0.05) is 42.5 Å². The Bertz CT molecular complexity index is 846. The minimum atomic E-state index is 0.410. The second kappa shape index (κ2) is 3.99. The molecule has 21 heavy (non-hydrogen) atoms. The summed E-state index contributed by atoms with van der Waals surface area (Å²) in [6.07, 6.45) is 1.14. The number of rotatable bonds is 0. The van der Waals surface area contributed by atoms with Crippen molar-refractivity contribution in [1.82, 2.24) is 9.88 Å². The number of hydrogen-bond acceptors (Lipinski definition) is 1. The summed E-state index contributed by atoms with van der Waals surface area (Å²) in [5.41, 5.74) is 7.19. The fourth-order valence-electron chi connectivity index (χ4n) is 4.23. The molecule has 0 aliphatic carbocycles. The first-order chi connectivity index (χ1) is 10.3. The van der Waals surface area contributed by atoms with E-state index in [1.54, 1.807) is 0 Å². The number of nitrogens with zero attached hydrogens (tertiary/aromatic N) is 1. The van der Waals surface area contributed by atoms with E-state index in [1.807, 2.05) is 0 Å². The van der Waals surface area contributed by atoms with E-state index < -0.39 is 0 Å². The fourth-order valence-corrected chi connectivity index (χ4v) is 4.23. The van der Waals surface area contributed by atoms with Crippen LogP contribution in [0.2, 0.25) is 0 Å². The van der Waals surface area contributed by atoms with Crippen LogP contribution in [0.4, 0.5) is 0 Å². The van der Waals surface area contributed by atoms with Crippen molar-refractivity contribution in [3.8, 4) is 0 Å². The molecular formula is C19H18N2. The Kier molecular flexibility index (Phi) is 2.20. The first-order valence-electron chi connectivity index (χ1n) is 7.76. The Balaban J connectivity index is 1.80. The third-order valence-electron chi connectivity index (χ3n) is 5.22. The number of fused-ring (bicyclic) bond motifs is 7. The van der Waals surface area contributed by atoms with Gasteiger partial charge in [0.25, 0.3) is 0 Å². The topological polar surface area (TPSA) is 19.0 Å². The normalized spacial score (nSPS) is 23.9. The zero-order valence-electron chi connectivity index (χ0n) is 12.1. The van der Waals surface area contributed by atoms with E-state index in [0.29, 0.717) is 12.1 Å². The molecule has 0 radical (unpaired) electrons. The van der Waals surface area contributed by atoms with E-state index in [0.717, 1.165) is 13.0 Å². The van der Waals surface area contributed by atoms with Crippen molar-refractivity contribution < 1.29 is 0 Å². The average molecular weight is 274 g/mol. The molecule has 0 bridgehead atoms. The molecule has 0 saturated carbocycles. The summed E-state index contributed by atoms with van der Waals surface area (Å²) in [4.78, 5) is 6.35. The lowest BCUT2D eigenvalue weighted by Gasteiger charge is -2.36. The van der Waals surface area contributed by atoms with Gasteiger partial charge in [-0.05, 0) is 36.1 Å². The number of hydrogen-bond donors (Lipinski definition) is 1. The predicted octanol–water partition coefficient (Wildman–Crippen LogP) is 4.02. The molecule has 0 spiro atoms. The van der Waals surface area contributed by atoms with Crippen molar-refractivity contribution >= 4 is 10.9 Å². The van der Waals surface area contributed by atoms with Crippen molar-refractivity contribution in [3.63, 3.8) is 0 Å². The number of aromatic nitrogens is 1. The molecule has 2 atom stereocenters. The number of aromatic amines is 1. The maximum atomic E-state index is 3.71. The van der Waals surface area contributed by atoms with Crippen molar-refractivity contribution in [1.29, 1.82) is 0 Å². The van der Waals surface area contributed by atoms with Gasteiger partial charge in [0.1, 0.15) is 0 Å². The first-order valence-corrected chi connectivity index (χ1v) is 7.76. The van der Waals surface area contributed by atoms with Crippen molar-refractivity contribution in [3.05, 3.63) is 70.9 Å². The van der Waals surface area contributed by atoms with Gasteiger partial charge in [0.15, 0.2) is 0 Å². The monoisotopic (exact) mass is 274 g/mol. The van der Waals surface area contributed by atoms with Crippen molar-refractivity contribution in [2.45, 2.75) is 32.0 Å².